The van der Waals surface area contributed by atoms with Crippen LogP contribution >= 0.6 is 0 Å². The number of amides is 3. The summed E-state index contributed by atoms with van der Waals surface area (Å²) in [6.45, 7) is 2.16. The van der Waals surface area contributed by atoms with Gasteiger partial charge in [0.2, 0.25) is 5.91 Å². The summed E-state index contributed by atoms with van der Waals surface area (Å²) in [5.74, 6) is 0.00626. The first-order valence-corrected chi connectivity index (χ1v) is 7.59. The van der Waals surface area contributed by atoms with Gasteiger partial charge in [0.05, 0.1) is 6.54 Å². The number of likely N-dealkylation sites (tertiary alicyclic amines) is 1. The molecule has 21 heavy (non-hydrogen) atoms. The highest BCUT2D eigenvalue weighted by atomic mass is 16.2. The lowest BCUT2D eigenvalue weighted by Gasteiger charge is -2.20. The summed E-state index contributed by atoms with van der Waals surface area (Å²) in [4.78, 5) is 25.5. The van der Waals surface area contributed by atoms with E-state index >= 15 is 0 Å². The predicted molar refractivity (Wildman–Crippen MR) is 81.7 cm³/mol. The molecule has 5 nitrogen and oxygen atoms in total. The fraction of sp³-hybridized carbons (Fsp3) is 0.500. The molecule has 1 aromatic carbocycles. The Balaban J connectivity index is 1.67. The summed E-state index contributed by atoms with van der Waals surface area (Å²) in [7, 11) is 0. The number of nitrogens with zero attached hydrogens (tertiary/aromatic N) is 1. The van der Waals surface area contributed by atoms with Crippen molar-refractivity contribution in [3.8, 4) is 0 Å². The molecule has 1 aromatic rings. The molecule has 1 saturated heterocycles. The fourth-order valence-electron chi connectivity index (χ4n) is 2.43. The van der Waals surface area contributed by atoms with Gasteiger partial charge >= 0.3 is 6.03 Å². The molecule has 2 N–H and O–H groups in total. The average molecular weight is 289 g/mol. The molecular formula is C16H23N3O2. The normalized spacial score (nSPS) is 15.1. The number of rotatable bonds is 4. The van der Waals surface area contributed by atoms with Gasteiger partial charge in [0, 0.05) is 19.6 Å². The van der Waals surface area contributed by atoms with E-state index in [9.17, 15) is 9.59 Å². The number of urea groups is 1. The summed E-state index contributed by atoms with van der Waals surface area (Å²) in [5, 5.41) is 5.38. The Hall–Kier alpha value is -2.04. The first-order valence-electron chi connectivity index (χ1n) is 7.59. The van der Waals surface area contributed by atoms with Crippen molar-refractivity contribution in [1.29, 1.82) is 0 Å². The van der Waals surface area contributed by atoms with Crippen LogP contribution in [-0.2, 0) is 11.3 Å². The third-order valence-electron chi connectivity index (χ3n) is 3.65. The fourth-order valence-corrected chi connectivity index (χ4v) is 2.43. The Morgan fingerprint density at radius 1 is 0.952 bits per heavy atom. The molecule has 5 heteroatoms. The highest BCUT2D eigenvalue weighted by molar-refractivity contribution is 5.83. The smallest absolute Gasteiger partial charge is 0.315 e. The van der Waals surface area contributed by atoms with Crippen LogP contribution in [0.3, 0.4) is 0 Å². The Bertz CT molecular complexity index is 454. The maximum Gasteiger partial charge on any atom is 0.315 e. The first kappa shape index (κ1) is 15.4. The molecule has 1 heterocycles. The van der Waals surface area contributed by atoms with Crippen molar-refractivity contribution in [1.82, 2.24) is 15.5 Å². The lowest BCUT2D eigenvalue weighted by molar-refractivity contribution is -0.130. The second kappa shape index (κ2) is 8.29. The zero-order valence-electron chi connectivity index (χ0n) is 12.3. The molecular weight excluding hydrogens is 266 g/mol. The minimum absolute atomic E-state index is 0.00626. The molecule has 1 fully saturated rings. The lowest BCUT2D eigenvalue weighted by Crippen LogP contribution is -2.43. The highest BCUT2D eigenvalue weighted by Crippen LogP contribution is 2.09. The van der Waals surface area contributed by atoms with Gasteiger partial charge in [-0.15, -0.1) is 0 Å². The van der Waals surface area contributed by atoms with E-state index in [-0.39, 0.29) is 18.5 Å². The molecule has 0 aliphatic carbocycles. The van der Waals surface area contributed by atoms with E-state index in [1.165, 1.54) is 12.8 Å². The molecule has 0 saturated carbocycles. The summed E-state index contributed by atoms with van der Waals surface area (Å²) >= 11 is 0. The average Bonchev–Trinajstić information content (AvgIpc) is 2.81. The maximum absolute atomic E-state index is 12.0. The van der Waals surface area contributed by atoms with Gasteiger partial charge in [-0.2, -0.15) is 0 Å². The van der Waals surface area contributed by atoms with Gasteiger partial charge in [-0.25, -0.2) is 4.79 Å². The SMILES string of the molecule is O=C(NCC(=O)N1CCCCCC1)NCc1ccccc1. The molecule has 3 amide bonds. The van der Waals surface area contributed by atoms with Crippen molar-refractivity contribution in [2.24, 2.45) is 0 Å². The first-order chi connectivity index (χ1) is 10.3. The van der Waals surface area contributed by atoms with Crippen LogP contribution in [0, 0.1) is 0 Å². The lowest BCUT2D eigenvalue weighted by atomic mass is 10.2. The monoisotopic (exact) mass is 289 g/mol. The zero-order valence-corrected chi connectivity index (χ0v) is 12.3. The second-order valence-electron chi connectivity index (χ2n) is 5.32. The molecule has 1 aliphatic rings. The molecule has 0 bridgehead atoms. The summed E-state index contributed by atoms with van der Waals surface area (Å²) in [6, 6.07) is 9.38. The number of benzene rings is 1. The zero-order chi connectivity index (χ0) is 14.9. The van der Waals surface area contributed by atoms with Crippen molar-refractivity contribution in [3.63, 3.8) is 0 Å². The van der Waals surface area contributed by atoms with E-state index in [1.54, 1.807) is 0 Å². The molecule has 0 atom stereocenters. The quantitative estimate of drug-likeness (QED) is 0.889. The van der Waals surface area contributed by atoms with Gasteiger partial charge in [0.15, 0.2) is 0 Å². The predicted octanol–water partition coefficient (Wildman–Crippen LogP) is 1.89. The largest absolute Gasteiger partial charge is 0.341 e. The number of nitrogens with one attached hydrogen (secondary N) is 2. The van der Waals surface area contributed by atoms with Crippen molar-refractivity contribution in [3.05, 3.63) is 35.9 Å². The highest BCUT2D eigenvalue weighted by Gasteiger charge is 2.15. The molecule has 0 aromatic heterocycles. The third-order valence-corrected chi connectivity index (χ3v) is 3.65. The van der Waals surface area contributed by atoms with Crippen LogP contribution in [0.25, 0.3) is 0 Å². The Morgan fingerprint density at radius 2 is 1.62 bits per heavy atom. The third kappa shape index (κ3) is 5.45. The van der Waals surface area contributed by atoms with Gasteiger partial charge < -0.3 is 15.5 Å². The topological polar surface area (TPSA) is 61.4 Å². The van der Waals surface area contributed by atoms with Crippen LogP contribution in [-0.4, -0.2) is 36.5 Å². The molecule has 0 spiro atoms. The van der Waals surface area contributed by atoms with Crippen LogP contribution in [0.4, 0.5) is 4.79 Å². The molecule has 2 rings (SSSR count). The van der Waals surface area contributed by atoms with E-state index in [1.807, 2.05) is 35.2 Å². The van der Waals surface area contributed by atoms with E-state index in [0.29, 0.717) is 6.54 Å². The van der Waals surface area contributed by atoms with E-state index in [0.717, 1.165) is 31.5 Å². The molecule has 1 aliphatic heterocycles. The number of carbonyl (C=O) groups is 2. The number of hydrogen-bond donors (Lipinski definition) is 2. The standard InChI is InChI=1S/C16H23N3O2/c20-15(19-10-6-1-2-7-11-19)13-18-16(21)17-12-14-8-4-3-5-9-14/h3-5,8-9H,1-2,6-7,10-13H2,(H2,17,18,21). The van der Waals surface area contributed by atoms with Crippen LogP contribution in [0.2, 0.25) is 0 Å². The minimum atomic E-state index is -0.304. The number of carbonyl (C=O) groups excluding carboxylic acids is 2. The van der Waals surface area contributed by atoms with Crippen LogP contribution in [0.15, 0.2) is 30.3 Å². The van der Waals surface area contributed by atoms with Crippen molar-refractivity contribution in [2.75, 3.05) is 19.6 Å². The van der Waals surface area contributed by atoms with E-state index in [2.05, 4.69) is 10.6 Å². The summed E-state index contributed by atoms with van der Waals surface area (Å²) in [5.41, 5.74) is 1.03. The van der Waals surface area contributed by atoms with Gasteiger partial charge in [0.1, 0.15) is 0 Å². The summed E-state index contributed by atoms with van der Waals surface area (Å²) < 4.78 is 0. The van der Waals surface area contributed by atoms with Crippen molar-refractivity contribution < 1.29 is 9.59 Å². The second-order valence-corrected chi connectivity index (χ2v) is 5.32. The van der Waals surface area contributed by atoms with Crippen molar-refractivity contribution in [2.45, 2.75) is 32.2 Å². The Morgan fingerprint density at radius 3 is 2.29 bits per heavy atom. The van der Waals surface area contributed by atoms with Crippen LogP contribution < -0.4 is 10.6 Å². The van der Waals surface area contributed by atoms with Gasteiger partial charge in [-0.05, 0) is 18.4 Å². The molecule has 0 radical (unpaired) electrons. The van der Waals surface area contributed by atoms with E-state index in [4.69, 9.17) is 0 Å². The van der Waals surface area contributed by atoms with Crippen molar-refractivity contribution >= 4 is 11.9 Å². The molecule has 114 valence electrons. The maximum atomic E-state index is 12.0. The minimum Gasteiger partial charge on any atom is -0.341 e. The van der Waals surface area contributed by atoms with Crippen LogP contribution in [0.1, 0.15) is 31.2 Å². The molecule has 0 unspecified atom stereocenters. The number of hydrogen-bond acceptors (Lipinski definition) is 2. The Labute approximate surface area is 125 Å². The Kier molecular flexibility index (Phi) is 6.06. The van der Waals surface area contributed by atoms with E-state index < -0.39 is 0 Å². The van der Waals surface area contributed by atoms with Gasteiger partial charge in [0.25, 0.3) is 0 Å². The van der Waals surface area contributed by atoms with Gasteiger partial charge in [-0.1, -0.05) is 43.2 Å². The van der Waals surface area contributed by atoms with Gasteiger partial charge in [-0.3, -0.25) is 4.79 Å². The van der Waals surface area contributed by atoms with Crippen LogP contribution in [0.5, 0.6) is 0 Å². The summed E-state index contributed by atoms with van der Waals surface area (Å²) in [6.07, 6.45) is 4.50.